The summed E-state index contributed by atoms with van der Waals surface area (Å²) >= 11 is 0. The van der Waals surface area contributed by atoms with Gasteiger partial charge in [0.2, 0.25) is 0 Å². The van der Waals surface area contributed by atoms with Crippen LogP contribution in [0.1, 0.15) is 0 Å². The van der Waals surface area contributed by atoms with Gasteiger partial charge in [-0.1, -0.05) is 0 Å². The Morgan fingerprint density at radius 2 is 0.833 bits per heavy atom. The fourth-order valence-electron chi connectivity index (χ4n) is 0. The van der Waals surface area contributed by atoms with Crippen LogP contribution < -0.4 is 0 Å². The van der Waals surface area contributed by atoms with Gasteiger partial charge in [-0.3, -0.25) is 0 Å². The molecule has 0 heterocycles. The molecule has 0 saturated heterocycles. The first-order valence-electron chi connectivity index (χ1n) is 0.447. The SMILES string of the molecule is [C-]#N.[C-]#N.[Co+2].[Cu]. The van der Waals surface area contributed by atoms with Gasteiger partial charge in [0.25, 0.3) is 0 Å². The maximum absolute atomic E-state index is 6.25. The minimum Gasteiger partial charge on any atom is -0.512 e. The summed E-state index contributed by atoms with van der Waals surface area (Å²) in [6.45, 7) is 9.50. The number of hydrogen-bond acceptors (Lipinski definition) is 2. The van der Waals surface area contributed by atoms with Gasteiger partial charge in [0, 0.05) is 17.1 Å². The quantitative estimate of drug-likeness (QED) is 0.389. The summed E-state index contributed by atoms with van der Waals surface area (Å²) < 4.78 is 0. The maximum Gasteiger partial charge on any atom is 2.00 e. The molecule has 0 N–H and O–H groups in total. The maximum atomic E-state index is 6.25. The van der Waals surface area contributed by atoms with Crippen LogP contribution in [0.25, 0.3) is 0 Å². The second kappa shape index (κ2) is 2250000. The van der Waals surface area contributed by atoms with E-state index in [9.17, 15) is 0 Å². The van der Waals surface area contributed by atoms with Crippen molar-refractivity contribution in [2.24, 2.45) is 0 Å². The Hall–Kier alpha value is 0.00597. The average Bonchev–Trinajstić information content (AvgIpc) is 1.50. The van der Waals surface area contributed by atoms with E-state index in [-0.39, 0.29) is 33.8 Å². The Bertz CT molecular complexity index is 27.0. The van der Waals surface area contributed by atoms with Crippen molar-refractivity contribution in [2.75, 3.05) is 0 Å². The smallest absolute Gasteiger partial charge is 0.512 e. The number of rotatable bonds is 0. The van der Waals surface area contributed by atoms with Crippen LogP contribution in [0.5, 0.6) is 0 Å². The molecule has 0 saturated carbocycles. The third-order valence-corrected chi connectivity index (χ3v) is 0. The van der Waals surface area contributed by atoms with Gasteiger partial charge >= 0.3 is 16.8 Å². The molecule has 38 valence electrons. The Morgan fingerprint density at radius 1 is 0.833 bits per heavy atom. The van der Waals surface area contributed by atoms with Crippen LogP contribution in [0, 0.1) is 23.7 Å². The van der Waals surface area contributed by atoms with Gasteiger partial charge in [0.05, 0.1) is 0 Å². The molecule has 4 heteroatoms. The zero-order valence-electron chi connectivity index (χ0n) is 2.53. The van der Waals surface area contributed by atoms with Crippen molar-refractivity contribution < 1.29 is 33.8 Å². The van der Waals surface area contributed by atoms with E-state index in [2.05, 4.69) is 0 Å². The summed E-state index contributed by atoms with van der Waals surface area (Å²) in [6.07, 6.45) is 0. The van der Waals surface area contributed by atoms with E-state index in [1.165, 1.54) is 0 Å². The number of hydrogen-bond donors (Lipinski definition) is 0. The van der Waals surface area contributed by atoms with Crippen LogP contribution >= 0.6 is 0 Å². The van der Waals surface area contributed by atoms with E-state index < -0.39 is 0 Å². The van der Waals surface area contributed by atoms with Crippen LogP contribution in [0.4, 0.5) is 0 Å². The molecule has 0 bridgehead atoms. The van der Waals surface area contributed by atoms with Crippen LogP contribution in [0.2, 0.25) is 0 Å². The fourth-order valence-corrected chi connectivity index (χ4v) is 0. The molecule has 0 aromatic heterocycles. The Morgan fingerprint density at radius 3 is 0.833 bits per heavy atom. The predicted molar refractivity (Wildman–Crippen MR) is 9.94 cm³/mol. The van der Waals surface area contributed by atoms with Crippen LogP contribution in [0.3, 0.4) is 0 Å². The first kappa shape index (κ1) is 37.4. The monoisotopic (exact) mass is 174 g/mol. The molecule has 0 unspecified atom stereocenters. The van der Waals surface area contributed by atoms with Crippen LogP contribution in [-0.4, -0.2) is 0 Å². The molecule has 0 amide bonds. The molecular weight excluding hydrogens is 175 g/mol. The van der Waals surface area contributed by atoms with Crippen molar-refractivity contribution in [1.29, 1.82) is 10.5 Å². The molecule has 2 nitrogen and oxygen atoms in total. The van der Waals surface area contributed by atoms with Gasteiger partial charge in [-0.2, -0.15) is 0 Å². The van der Waals surface area contributed by atoms with Crippen molar-refractivity contribution in [3.63, 3.8) is 0 Å². The van der Waals surface area contributed by atoms with Crippen molar-refractivity contribution in [3.05, 3.63) is 13.1 Å². The Balaban J connectivity index is -0.00000000500. The van der Waals surface area contributed by atoms with Crippen molar-refractivity contribution in [2.45, 2.75) is 0 Å². The summed E-state index contributed by atoms with van der Waals surface area (Å²) in [4.78, 5) is 0. The van der Waals surface area contributed by atoms with Crippen LogP contribution in [-0.2, 0) is 33.8 Å². The molecular formula is C2CoCuN2. The molecule has 0 aliphatic carbocycles. The zero-order chi connectivity index (χ0) is 4.00. The molecule has 0 atom stereocenters. The molecule has 0 fully saturated rings. The zero-order valence-corrected chi connectivity index (χ0v) is 4.51. The fraction of sp³-hybridized carbons (Fsp3) is 0. The molecule has 2 radical (unpaired) electrons. The van der Waals surface area contributed by atoms with E-state index in [0.29, 0.717) is 0 Å². The van der Waals surface area contributed by atoms with Gasteiger partial charge in [0.15, 0.2) is 0 Å². The van der Waals surface area contributed by atoms with Gasteiger partial charge in [-0.05, 0) is 0 Å². The standard InChI is InChI=1S/2CN.Co.Cu/c2*1-2;;/q2*-1;+2;. The van der Waals surface area contributed by atoms with Gasteiger partial charge in [0.1, 0.15) is 0 Å². The molecule has 0 aliphatic rings. The van der Waals surface area contributed by atoms with E-state index in [1.54, 1.807) is 0 Å². The third-order valence-electron chi connectivity index (χ3n) is 0. The Labute approximate surface area is 57.8 Å². The van der Waals surface area contributed by atoms with E-state index in [1.807, 2.05) is 0 Å². The largest absolute Gasteiger partial charge is 2.00 e. The molecule has 0 rings (SSSR count). The molecule has 6 heavy (non-hydrogen) atoms. The molecule has 0 aliphatic heterocycles. The minimum atomic E-state index is 0. The first-order chi connectivity index (χ1) is 2.00. The number of nitrogens with zero attached hydrogens (tertiary/aromatic N) is 2. The van der Waals surface area contributed by atoms with Crippen LogP contribution in [0.15, 0.2) is 0 Å². The van der Waals surface area contributed by atoms with Gasteiger partial charge in [-0.15, -0.1) is 0 Å². The molecule has 0 spiro atoms. The van der Waals surface area contributed by atoms with E-state index in [4.69, 9.17) is 23.7 Å². The summed E-state index contributed by atoms with van der Waals surface area (Å²) in [7, 11) is 0. The molecule has 0 aromatic carbocycles. The first-order valence-corrected chi connectivity index (χ1v) is 0.447. The summed E-state index contributed by atoms with van der Waals surface area (Å²) in [5, 5.41) is 12.5. The predicted octanol–water partition coefficient (Wildman–Crippen LogP) is 0.188. The summed E-state index contributed by atoms with van der Waals surface area (Å²) in [6, 6.07) is 0. The van der Waals surface area contributed by atoms with Crippen molar-refractivity contribution >= 4 is 0 Å². The topological polar surface area (TPSA) is 47.6 Å². The van der Waals surface area contributed by atoms with Gasteiger partial charge < -0.3 is 23.7 Å². The molecule has 0 aromatic rings. The summed E-state index contributed by atoms with van der Waals surface area (Å²) in [5.41, 5.74) is 0. The summed E-state index contributed by atoms with van der Waals surface area (Å²) in [5.74, 6) is 0. The van der Waals surface area contributed by atoms with Crippen molar-refractivity contribution in [3.8, 4) is 0 Å². The van der Waals surface area contributed by atoms with Crippen molar-refractivity contribution in [1.82, 2.24) is 0 Å². The van der Waals surface area contributed by atoms with Gasteiger partial charge in [-0.25, -0.2) is 0 Å². The average molecular weight is 175 g/mol. The van der Waals surface area contributed by atoms with E-state index >= 15 is 0 Å². The second-order valence-electron chi connectivity index (χ2n) is 0. The normalized spacial score (nSPS) is 0.667. The minimum absolute atomic E-state index is 0. The van der Waals surface area contributed by atoms with E-state index in [0.717, 1.165) is 0 Å². The Kier molecular flexibility index (Phi) is 14000000. The second-order valence-corrected chi connectivity index (χ2v) is 0. The third kappa shape index (κ3) is 1010000.